The highest BCUT2D eigenvalue weighted by Gasteiger charge is 2.33. The lowest BCUT2D eigenvalue weighted by Crippen LogP contribution is -2.61. The van der Waals surface area contributed by atoms with Crippen molar-refractivity contribution in [3.63, 3.8) is 0 Å². The number of rotatable bonds is 8. The molecule has 16 heavy (non-hydrogen) atoms. The monoisotopic (exact) mass is 226 g/mol. The average Bonchev–Trinajstić information content (AvgIpc) is 2.27. The largest absolute Gasteiger partial charge is 0.383 e. The molecule has 0 aromatic heterocycles. The first-order valence-electron chi connectivity index (χ1n) is 5.99. The summed E-state index contributed by atoms with van der Waals surface area (Å²) in [6.07, 6.45) is 7.55. The first-order chi connectivity index (χ1) is 7.56. The molecule has 0 spiro atoms. The van der Waals surface area contributed by atoms with Crippen molar-refractivity contribution in [2.75, 3.05) is 20.3 Å². The minimum absolute atomic E-state index is 0.0751. The van der Waals surface area contributed by atoms with Crippen molar-refractivity contribution in [1.29, 1.82) is 0 Å². The lowest BCUT2D eigenvalue weighted by atomic mass is 9.86. The number of nitrogens with two attached hydrogens (primary N) is 1. The van der Waals surface area contributed by atoms with Crippen LogP contribution in [0.3, 0.4) is 0 Å². The Bertz CT molecular complexity index is 222. The minimum atomic E-state index is -0.221. The van der Waals surface area contributed by atoms with E-state index < -0.39 is 0 Å². The SMILES string of the molecule is C#CC(CCC)NC(CN)(COC)C(C)C. The maximum absolute atomic E-state index is 5.88. The Morgan fingerprint density at radius 2 is 2.12 bits per heavy atom. The molecule has 0 saturated carbocycles. The Labute approximate surface area is 100 Å². The summed E-state index contributed by atoms with van der Waals surface area (Å²) < 4.78 is 5.27. The number of nitrogens with one attached hydrogen (secondary N) is 1. The summed E-state index contributed by atoms with van der Waals surface area (Å²) in [5.41, 5.74) is 5.66. The van der Waals surface area contributed by atoms with Gasteiger partial charge >= 0.3 is 0 Å². The van der Waals surface area contributed by atoms with Gasteiger partial charge in [0.05, 0.1) is 18.2 Å². The Kier molecular flexibility index (Phi) is 7.40. The lowest BCUT2D eigenvalue weighted by molar-refractivity contribution is 0.0780. The van der Waals surface area contributed by atoms with Crippen LogP contribution in [-0.2, 0) is 4.74 Å². The molecule has 3 N–H and O–H groups in total. The second-order valence-corrected chi connectivity index (χ2v) is 4.60. The van der Waals surface area contributed by atoms with Crippen LogP contribution in [0, 0.1) is 18.3 Å². The predicted molar refractivity (Wildman–Crippen MR) is 69.2 cm³/mol. The molecule has 0 heterocycles. The van der Waals surface area contributed by atoms with Crippen LogP contribution in [0.15, 0.2) is 0 Å². The summed E-state index contributed by atoms with van der Waals surface area (Å²) in [6, 6.07) is 0.0751. The molecule has 0 aromatic carbocycles. The molecule has 3 heteroatoms. The normalized spacial score (nSPS) is 16.8. The summed E-state index contributed by atoms with van der Waals surface area (Å²) in [5.74, 6) is 3.16. The van der Waals surface area contributed by atoms with Gasteiger partial charge in [-0.3, -0.25) is 5.32 Å². The topological polar surface area (TPSA) is 47.3 Å². The molecular weight excluding hydrogens is 200 g/mol. The predicted octanol–water partition coefficient (Wildman–Crippen LogP) is 1.38. The van der Waals surface area contributed by atoms with E-state index in [1.807, 2.05) is 0 Å². The zero-order valence-electron chi connectivity index (χ0n) is 11.0. The number of hydrogen-bond acceptors (Lipinski definition) is 3. The van der Waals surface area contributed by atoms with E-state index in [9.17, 15) is 0 Å². The van der Waals surface area contributed by atoms with Crippen molar-refractivity contribution in [2.24, 2.45) is 11.7 Å². The van der Waals surface area contributed by atoms with E-state index in [0.29, 0.717) is 19.1 Å². The van der Waals surface area contributed by atoms with Crippen LogP contribution in [-0.4, -0.2) is 31.8 Å². The van der Waals surface area contributed by atoms with Gasteiger partial charge in [-0.1, -0.05) is 33.1 Å². The van der Waals surface area contributed by atoms with Gasteiger partial charge in [-0.25, -0.2) is 0 Å². The smallest absolute Gasteiger partial charge is 0.0692 e. The van der Waals surface area contributed by atoms with Crippen LogP contribution in [0.1, 0.15) is 33.6 Å². The summed E-state index contributed by atoms with van der Waals surface area (Å²) >= 11 is 0. The highest BCUT2D eigenvalue weighted by Crippen LogP contribution is 2.18. The van der Waals surface area contributed by atoms with Gasteiger partial charge in [-0.05, 0) is 12.3 Å². The molecule has 94 valence electrons. The number of methoxy groups -OCH3 is 1. The highest BCUT2D eigenvalue weighted by atomic mass is 16.5. The van der Waals surface area contributed by atoms with Crippen molar-refractivity contribution >= 4 is 0 Å². The molecule has 0 aliphatic rings. The van der Waals surface area contributed by atoms with Gasteiger partial charge in [0.15, 0.2) is 0 Å². The van der Waals surface area contributed by atoms with E-state index in [2.05, 4.69) is 32.0 Å². The molecular formula is C13H26N2O. The van der Waals surface area contributed by atoms with Gasteiger partial charge < -0.3 is 10.5 Å². The molecule has 0 aliphatic heterocycles. The molecule has 2 unspecified atom stereocenters. The van der Waals surface area contributed by atoms with Gasteiger partial charge in [-0.2, -0.15) is 0 Å². The van der Waals surface area contributed by atoms with E-state index in [0.717, 1.165) is 12.8 Å². The van der Waals surface area contributed by atoms with E-state index in [1.54, 1.807) is 7.11 Å². The van der Waals surface area contributed by atoms with E-state index >= 15 is 0 Å². The maximum atomic E-state index is 5.88. The van der Waals surface area contributed by atoms with Crippen molar-refractivity contribution in [3.05, 3.63) is 0 Å². The zero-order valence-corrected chi connectivity index (χ0v) is 11.0. The first-order valence-corrected chi connectivity index (χ1v) is 5.99. The highest BCUT2D eigenvalue weighted by molar-refractivity contribution is 5.05. The first kappa shape index (κ1) is 15.4. The summed E-state index contributed by atoms with van der Waals surface area (Å²) in [6.45, 7) is 7.52. The number of terminal acetylenes is 1. The third-order valence-corrected chi connectivity index (χ3v) is 3.11. The second-order valence-electron chi connectivity index (χ2n) is 4.60. The van der Waals surface area contributed by atoms with Gasteiger partial charge in [0, 0.05) is 13.7 Å². The van der Waals surface area contributed by atoms with Crippen molar-refractivity contribution < 1.29 is 4.74 Å². The Balaban J connectivity index is 4.69. The summed E-state index contributed by atoms with van der Waals surface area (Å²) in [4.78, 5) is 0. The maximum Gasteiger partial charge on any atom is 0.0692 e. The lowest BCUT2D eigenvalue weighted by Gasteiger charge is -2.39. The van der Waals surface area contributed by atoms with E-state index in [-0.39, 0.29) is 11.6 Å². The zero-order chi connectivity index (χ0) is 12.6. The molecule has 0 aromatic rings. The molecule has 0 bridgehead atoms. The molecule has 0 fully saturated rings. The van der Waals surface area contributed by atoms with Crippen LogP contribution in [0.25, 0.3) is 0 Å². The molecule has 0 rings (SSSR count). The van der Waals surface area contributed by atoms with Crippen molar-refractivity contribution in [1.82, 2.24) is 5.32 Å². The van der Waals surface area contributed by atoms with Gasteiger partial charge in [0.1, 0.15) is 0 Å². The standard InChI is InChI=1S/C13H26N2O/c1-6-8-12(7-2)15-13(9-14,10-16-5)11(3)4/h2,11-12,15H,6,8-10,14H2,1,3-5H3. The van der Waals surface area contributed by atoms with Crippen molar-refractivity contribution in [3.8, 4) is 12.3 Å². The van der Waals surface area contributed by atoms with Crippen molar-refractivity contribution in [2.45, 2.75) is 45.2 Å². The van der Waals surface area contributed by atoms with Crippen LogP contribution >= 0.6 is 0 Å². The minimum Gasteiger partial charge on any atom is -0.383 e. The summed E-state index contributed by atoms with van der Waals surface area (Å²) in [5, 5.41) is 3.48. The van der Waals surface area contributed by atoms with Crippen LogP contribution in [0.2, 0.25) is 0 Å². The molecule has 2 atom stereocenters. The molecule has 0 radical (unpaired) electrons. The fourth-order valence-electron chi connectivity index (χ4n) is 1.82. The molecule has 0 aliphatic carbocycles. The molecule has 0 amide bonds. The molecule has 0 saturated heterocycles. The number of ether oxygens (including phenoxy) is 1. The fourth-order valence-corrected chi connectivity index (χ4v) is 1.82. The third kappa shape index (κ3) is 4.13. The van der Waals surface area contributed by atoms with Gasteiger partial charge in [0.2, 0.25) is 0 Å². The Hall–Kier alpha value is -0.560. The Morgan fingerprint density at radius 3 is 2.44 bits per heavy atom. The van der Waals surface area contributed by atoms with Crippen LogP contribution in [0.4, 0.5) is 0 Å². The van der Waals surface area contributed by atoms with E-state index in [4.69, 9.17) is 16.9 Å². The van der Waals surface area contributed by atoms with Gasteiger partial charge in [-0.15, -0.1) is 6.42 Å². The number of hydrogen-bond donors (Lipinski definition) is 2. The van der Waals surface area contributed by atoms with E-state index in [1.165, 1.54) is 0 Å². The average molecular weight is 226 g/mol. The van der Waals surface area contributed by atoms with Gasteiger partial charge in [0.25, 0.3) is 0 Å². The summed E-state index contributed by atoms with van der Waals surface area (Å²) in [7, 11) is 1.69. The Morgan fingerprint density at radius 1 is 1.50 bits per heavy atom. The quantitative estimate of drug-likeness (QED) is 0.615. The third-order valence-electron chi connectivity index (χ3n) is 3.11. The molecule has 3 nitrogen and oxygen atoms in total. The second kappa shape index (κ2) is 7.67. The fraction of sp³-hybridized carbons (Fsp3) is 0.846. The van der Waals surface area contributed by atoms with Crippen LogP contribution in [0.5, 0.6) is 0 Å². The van der Waals surface area contributed by atoms with Crippen LogP contribution < -0.4 is 11.1 Å².